The molecular weight excluding hydrogens is 242 g/mol. The van der Waals surface area contributed by atoms with Gasteiger partial charge in [-0.3, -0.25) is 0 Å². The van der Waals surface area contributed by atoms with Gasteiger partial charge < -0.3 is 9.73 Å². The average Bonchev–Trinajstić information content (AvgIpc) is 2.83. The van der Waals surface area contributed by atoms with Crippen molar-refractivity contribution in [2.75, 3.05) is 26.2 Å². The maximum Gasteiger partial charge on any atom is 0.280 e. The summed E-state index contributed by atoms with van der Waals surface area (Å²) in [5, 5.41) is 3.12. The van der Waals surface area contributed by atoms with E-state index >= 15 is 0 Å². The van der Waals surface area contributed by atoms with Crippen LogP contribution in [0, 0.1) is 0 Å². The first-order valence-electron chi connectivity index (χ1n) is 5.61. The molecule has 1 aromatic heterocycles. The summed E-state index contributed by atoms with van der Waals surface area (Å²) in [7, 11) is -3.43. The minimum Gasteiger partial charge on any atom is -0.468 e. The van der Waals surface area contributed by atoms with Crippen molar-refractivity contribution >= 4 is 10.2 Å². The lowest BCUT2D eigenvalue weighted by Crippen LogP contribution is -2.50. The first-order chi connectivity index (χ1) is 8.09. The standard InChI is InChI=1S/C10H17N3O3S/c1-9(10-3-2-8-16-10)12-17(14,15)13-6-4-11-5-7-13/h2-3,8-9,11-12H,4-7H2,1H3. The Bertz CT molecular complexity index is 437. The molecule has 0 aromatic carbocycles. The van der Waals surface area contributed by atoms with E-state index in [1.165, 1.54) is 10.6 Å². The van der Waals surface area contributed by atoms with Gasteiger partial charge in [0, 0.05) is 26.2 Å². The van der Waals surface area contributed by atoms with Crippen LogP contribution < -0.4 is 10.0 Å². The Labute approximate surface area is 101 Å². The van der Waals surface area contributed by atoms with Gasteiger partial charge >= 0.3 is 0 Å². The van der Waals surface area contributed by atoms with Crippen LogP contribution in [0.25, 0.3) is 0 Å². The molecule has 0 spiro atoms. The molecule has 6 nitrogen and oxygen atoms in total. The summed E-state index contributed by atoms with van der Waals surface area (Å²) in [5.41, 5.74) is 0. The fourth-order valence-corrected chi connectivity index (χ4v) is 3.15. The molecule has 0 aliphatic carbocycles. The van der Waals surface area contributed by atoms with Gasteiger partial charge in [0.05, 0.1) is 12.3 Å². The summed E-state index contributed by atoms with van der Waals surface area (Å²) in [6.45, 7) is 4.14. The zero-order valence-electron chi connectivity index (χ0n) is 9.72. The van der Waals surface area contributed by atoms with Crippen LogP contribution in [0.15, 0.2) is 22.8 Å². The Hall–Kier alpha value is -0.890. The van der Waals surface area contributed by atoms with Crippen LogP contribution in [0.2, 0.25) is 0 Å². The van der Waals surface area contributed by atoms with Crippen LogP contribution in [-0.2, 0) is 10.2 Å². The van der Waals surface area contributed by atoms with Crippen molar-refractivity contribution in [3.63, 3.8) is 0 Å². The van der Waals surface area contributed by atoms with Crippen LogP contribution in [0.4, 0.5) is 0 Å². The Balaban J connectivity index is 2.01. The van der Waals surface area contributed by atoms with Crippen molar-refractivity contribution in [2.45, 2.75) is 13.0 Å². The molecule has 2 N–H and O–H groups in total. The highest BCUT2D eigenvalue weighted by Gasteiger charge is 2.26. The minimum atomic E-state index is -3.43. The van der Waals surface area contributed by atoms with Crippen LogP contribution in [0.5, 0.6) is 0 Å². The Morgan fingerprint density at radius 3 is 2.76 bits per heavy atom. The zero-order chi connectivity index (χ0) is 12.3. The summed E-state index contributed by atoms with van der Waals surface area (Å²) in [6, 6.07) is 3.14. The van der Waals surface area contributed by atoms with E-state index in [4.69, 9.17) is 4.42 Å². The smallest absolute Gasteiger partial charge is 0.280 e. The lowest BCUT2D eigenvalue weighted by Gasteiger charge is -2.27. The number of nitrogens with zero attached hydrogens (tertiary/aromatic N) is 1. The topological polar surface area (TPSA) is 74.6 Å². The molecule has 1 fully saturated rings. The quantitative estimate of drug-likeness (QED) is 0.803. The predicted molar refractivity (Wildman–Crippen MR) is 63.6 cm³/mol. The highest BCUT2D eigenvalue weighted by atomic mass is 32.2. The summed E-state index contributed by atoms with van der Waals surface area (Å²) in [4.78, 5) is 0. The molecule has 17 heavy (non-hydrogen) atoms. The van der Waals surface area contributed by atoms with Gasteiger partial charge in [0.2, 0.25) is 0 Å². The van der Waals surface area contributed by atoms with Gasteiger partial charge in [-0.05, 0) is 19.1 Å². The van der Waals surface area contributed by atoms with Crippen LogP contribution in [0.3, 0.4) is 0 Å². The molecule has 1 unspecified atom stereocenters. The molecule has 2 heterocycles. The van der Waals surface area contributed by atoms with E-state index in [1.807, 2.05) is 0 Å². The molecule has 1 aliphatic heterocycles. The molecule has 0 bridgehead atoms. The number of nitrogens with one attached hydrogen (secondary N) is 2. The molecule has 96 valence electrons. The number of piperazine rings is 1. The molecule has 2 rings (SSSR count). The van der Waals surface area contributed by atoms with E-state index < -0.39 is 10.2 Å². The van der Waals surface area contributed by atoms with Gasteiger partial charge in [0.25, 0.3) is 10.2 Å². The van der Waals surface area contributed by atoms with Gasteiger partial charge in [0.15, 0.2) is 0 Å². The SMILES string of the molecule is CC(NS(=O)(=O)N1CCNCC1)c1ccco1. The maximum atomic E-state index is 12.0. The highest BCUT2D eigenvalue weighted by molar-refractivity contribution is 7.87. The fraction of sp³-hybridized carbons (Fsp3) is 0.600. The number of hydrogen-bond acceptors (Lipinski definition) is 4. The van der Waals surface area contributed by atoms with E-state index in [9.17, 15) is 8.42 Å². The molecule has 0 amide bonds. The van der Waals surface area contributed by atoms with Crippen LogP contribution in [-0.4, -0.2) is 38.9 Å². The van der Waals surface area contributed by atoms with Crippen LogP contribution >= 0.6 is 0 Å². The van der Waals surface area contributed by atoms with Crippen molar-refractivity contribution in [3.8, 4) is 0 Å². The Morgan fingerprint density at radius 2 is 2.18 bits per heavy atom. The number of hydrogen-bond donors (Lipinski definition) is 2. The van der Waals surface area contributed by atoms with Crippen molar-refractivity contribution < 1.29 is 12.8 Å². The molecule has 1 saturated heterocycles. The monoisotopic (exact) mass is 259 g/mol. The minimum absolute atomic E-state index is 0.357. The molecule has 7 heteroatoms. The zero-order valence-corrected chi connectivity index (χ0v) is 10.5. The average molecular weight is 259 g/mol. The predicted octanol–water partition coefficient (Wildman–Crippen LogP) is 0.0802. The molecule has 1 aliphatic rings. The van der Waals surface area contributed by atoms with Gasteiger partial charge in [0.1, 0.15) is 5.76 Å². The largest absolute Gasteiger partial charge is 0.468 e. The van der Waals surface area contributed by atoms with Crippen molar-refractivity contribution in [3.05, 3.63) is 24.2 Å². The maximum absolute atomic E-state index is 12.0. The molecule has 1 atom stereocenters. The van der Waals surface area contributed by atoms with Crippen molar-refractivity contribution in [2.24, 2.45) is 0 Å². The van der Waals surface area contributed by atoms with E-state index in [0.29, 0.717) is 31.9 Å². The van der Waals surface area contributed by atoms with E-state index in [1.54, 1.807) is 19.1 Å². The van der Waals surface area contributed by atoms with Gasteiger partial charge in [-0.15, -0.1) is 0 Å². The first kappa shape index (κ1) is 12.6. The van der Waals surface area contributed by atoms with E-state index in [2.05, 4.69) is 10.0 Å². The second-order valence-electron chi connectivity index (χ2n) is 4.01. The Morgan fingerprint density at radius 1 is 1.47 bits per heavy atom. The Kier molecular flexibility index (Phi) is 3.82. The van der Waals surface area contributed by atoms with Gasteiger partial charge in [-0.1, -0.05) is 0 Å². The van der Waals surface area contributed by atoms with Gasteiger partial charge in [-0.25, -0.2) is 0 Å². The lowest BCUT2D eigenvalue weighted by atomic mass is 10.3. The number of rotatable bonds is 4. The highest BCUT2D eigenvalue weighted by Crippen LogP contribution is 2.14. The van der Waals surface area contributed by atoms with Crippen molar-refractivity contribution in [1.82, 2.24) is 14.3 Å². The second-order valence-corrected chi connectivity index (χ2v) is 5.71. The molecular formula is C10H17N3O3S. The third kappa shape index (κ3) is 3.06. The number of furan rings is 1. The molecule has 0 saturated carbocycles. The normalized spacial score (nSPS) is 20.3. The summed E-state index contributed by atoms with van der Waals surface area (Å²) >= 11 is 0. The molecule has 0 radical (unpaired) electrons. The third-order valence-corrected chi connectivity index (χ3v) is 4.41. The van der Waals surface area contributed by atoms with Crippen LogP contribution in [0.1, 0.15) is 18.7 Å². The second kappa shape index (κ2) is 5.18. The first-order valence-corrected chi connectivity index (χ1v) is 7.05. The fourth-order valence-electron chi connectivity index (χ4n) is 1.78. The molecule has 1 aromatic rings. The van der Waals surface area contributed by atoms with Gasteiger partial charge in [-0.2, -0.15) is 17.4 Å². The summed E-state index contributed by atoms with van der Waals surface area (Å²) in [5.74, 6) is 0.615. The van der Waals surface area contributed by atoms with Crippen molar-refractivity contribution in [1.29, 1.82) is 0 Å². The van der Waals surface area contributed by atoms with E-state index in [0.717, 1.165) is 0 Å². The third-order valence-electron chi connectivity index (χ3n) is 2.71. The summed E-state index contributed by atoms with van der Waals surface area (Å²) in [6.07, 6.45) is 1.53. The summed E-state index contributed by atoms with van der Waals surface area (Å²) < 4.78 is 33.3. The lowest BCUT2D eigenvalue weighted by molar-refractivity contribution is 0.349. The van der Waals surface area contributed by atoms with E-state index in [-0.39, 0.29) is 6.04 Å².